The number of thiazole rings is 1. The van der Waals surface area contributed by atoms with Crippen molar-refractivity contribution in [3.63, 3.8) is 0 Å². The van der Waals surface area contributed by atoms with Crippen LogP contribution in [0.2, 0.25) is 0 Å². The molecule has 2 N–H and O–H groups in total. The molecule has 1 aliphatic carbocycles. The molecule has 1 aromatic heterocycles. The number of methoxy groups -OCH3 is 1. The van der Waals surface area contributed by atoms with Crippen molar-refractivity contribution in [3.8, 4) is 16.3 Å². The van der Waals surface area contributed by atoms with E-state index in [1.807, 2.05) is 12.1 Å². The fourth-order valence-corrected chi connectivity index (χ4v) is 6.64. The maximum Gasteiger partial charge on any atom is 0.338 e. The highest BCUT2D eigenvalue weighted by Crippen LogP contribution is 2.38. The quantitative estimate of drug-likeness (QED) is 0.371. The second-order valence-electron chi connectivity index (χ2n) is 8.68. The normalized spacial score (nSPS) is 18.3. The van der Waals surface area contributed by atoms with Crippen LogP contribution < -0.4 is 9.46 Å². The number of carboxylic acid groups (broad SMARTS) is 1. The summed E-state index contributed by atoms with van der Waals surface area (Å²) in [5.74, 6) is -1.30. The first-order valence-corrected chi connectivity index (χ1v) is 13.8. The minimum absolute atomic E-state index is 0.119. The molecule has 3 aromatic rings. The summed E-state index contributed by atoms with van der Waals surface area (Å²) in [5, 5.41) is 10.8. The van der Waals surface area contributed by atoms with Crippen LogP contribution >= 0.6 is 11.3 Å². The van der Waals surface area contributed by atoms with Gasteiger partial charge in [0, 0.05) is 17.0 Å². The summed E-state index contributed by atoms with van der Waals surface area (Å²) in [6, 6.07) is 9.83. The van der Waals surface area contributed by atoms with Crippen LogP contribution in [0.4, 0.5) is 10.1 Å². The third-order valence-electron chi connectivity index (χ3n) is 6.58. The van der Waals surface area contributed by atoms with Gasteiger partial charge in [0.15, 0.2) is 5.03 Å². The van der Waals surface area contributed by atoms with Crippen molar-refractivity contribution >= 4 is 33.0 Å². The van der Waals surface area contributed by atoms with E-state index in [0.717, 1.165) is 23.6 Å². The van der Waals surface area contributed by atoms with Crippen molar-refractivity contribution < 1.29 is 27.4 Å². The van der Waals surface area contributed by atoms with Gasteiger partial charge in [-0.2, -0.15) is 8.42 Å². The van der Waals surface area contributed by atoms with Crippen LogP contribution in [0.5, 0.6) is 5.75 Å². The zero-order chi connectivity index (χ0) is 25.2. The zero-order valence-corrected chi connectivity index (χ0v) is 21.1. The Labute approximate surface area is 208 Å². The molecule has 1 fully saturated rings. The van der Waals surface area contributed by atoms with Crippen LogP contribution in [0.15, 0.2) is 46.8 Å². The zero-order valence-electron chi connectivity index (χ0n) is 19.5. The highest BCUT2D eigenvalue weighted by atomic mass is 32.2. The van der Waals surface area contributed by atoms with Gasteiger partial charge in [-0.25, -0.2) is 14.2 Å². The molecule has 0 bridgehead atoms. The Morgan fingerprint density at radius 1 is 1.20 bits per heavy atom. The largest absolute Gasteiger partial charge is 0.495 e. The number of benzene rings is 2. The molecule has 35 heavy (non-hydrogen) atoms. The van der Waals surface area contributed by atoms with Gasteiger partial charge in [-0.15, -0.1) is 11.3 Å². The molecule has 1 aliphatic rings. The van der Waals surface area contributed by atoms with Gasteiger partial charge in [0.25, 0.3) is 10.0 Å². The monoisotopic (exact) mass is 518 g/mol. The summed E-state index contributed by atoms with van der Waals surface area (Å²) in [4.78, 5) is 15.4. The standard InChI is InChI=1S/C25H27FN2O5S2/c1-3-15-4-6-16(7-5-15)17-8-10-18(11-9-17)24-27-23(14-34-24)35(31,32)28-21-13-20(26)19(25(29)30)12-22(21)33-2/h8-16,28H,3-7H2,1-2H3,(H,29,30). The number of carbonyl (C=O) groups is 1. The summed E-state index contributed by atoms with van der Waals surface area (Å²) in [6.45, 7) is 2.25. The molecule has 0 amide bonds. The van der Waals surface area contributed by atoms with E-state index in [9.17, 15) is 17.6 Å². The lowest BCUT2D eigenvalue weighted by Crippen LogP contribution is -2.15. The molecule has 0 radical (unpaired) electrons. The average molecular weight is 519 g/mol. The molecule has 7 nitrogen and oxygen atoms in total. The lowest BCUT2D eigenvalue weighted by Gasteiger charge is -2.28. The van der Waals surface area contributed by atoms with Crippen LogP contribution in [-0.2, 0) is 10.0 Å². The fraction of sp³-hybridized carbons (Fsp3) is 0.360. The van der Waals surface area contributed by atoms with Crippen molar-refractivity contribution in [2.75, 3.05) is 11.8 Å². The molecule has 0 atom stereocenters. The van der Waals surface area contributed by atoms with Gasteiger partial charge >= 0.3 is 5.97 Å². The van der Waals surface area contributed by atoms with Gasteiger partial charge in [-0.1, -0.05) is 37.6 Å². The predicted octanol–water partition coefficient (Wildman–Crippen LogP) is 6.14. The van der Waals surface area contributed by atoms with Crippen LogP contribution in [0, 0.1) is 11.7 Å². The molecular formula is C25H27FN2O5S2. The highest BCUT2D eigenvalue weighted by molar-refractivity contribution is 7.92. The number of halogens is 1. The van der Waals surface area contributed by atoms with Gasteiger partial charge in [0.05, 0.1) is 18.4 Å². The Morgan fingerprint density at radius 3 is 2.49 bits per heavy atom. The van der Waals surface area contributed by atoms with E-state index in [1.54, 1.807) is 0 Å². The van der Waals surface area contributed by atoms with Gasteiger partial charge in [0.1, 0.15) is 16.6 Å². The number of hydrogen-bond donors (Lipinski definition) is 2. The van der Waals surface area contributed by atoms with Gasteiger partial charge < -0.3 is 9.84 Å². The molecule has 0 aliphatic heterocycles. The van der Waals surface area contributed by atoms with Crippen LogP contribution in [0.3, 0.4) is 0 Å². The Bertz CT molecular complexity index is 1310. The first kappa shape index (κ1) is 25.1. The van der Waals surface area contributed by atoms with E-state index in [1.165, 1.54) is 61.5 Å². The number of rotatable bonds is 8. The molecule has 10 heteroatoms. The predicted molar refractivity (Wildman–Crippen MR) is 133 cm³/mol. The smallest absolute Gasteiger partial charge is 0.338 e. The summed E-state index contributed by atoms with van der Waals surface area (Å²) in [5.41, 5.74) is 1.28. The van der Waals surface area contributed by atoms with E-state index in [0.29, 0.717) is 10.9 Å². The van der Waals surface area contributed by atoms with Crippen LogP contribution in [0.25, 0.3) is 10.6 Å². The lowest BCUT2D eigenvalue weighted by molar-refractivity contribution is 0.0691. The summed E-state index contributed by atoms with van der Waals surface area (Å²) in [7, 11) is -2.93. The van der Waals surface area contributed by atoms with Crippen LogP contribution in [-0.4, -0.2) is 31.6 Å². The van der Waals surface area contributed by atoms with Gasteiger partial charge in [0.2, 0.25) is 0 Å². The second kappa shape index (κ2) is 10.3. The number of aromatic nitrogens is 1. The maximum atomic E-state index is 14.1. The summed E-state index contributed by atoms with van der Waals surface area (Å²) in [6.07, 6.45) is 6.15. The molecule has 4 rings (SSSR count). The first-order chi connectivity index (χ1) is 16.7. The number of hydrogen-bond acceptors (Lipinski definition) is 6. The van der Waals surface area contributed by atoms with Gasteiger partial charge in [-0.05, 0) is 49.1 Å². The number of nitrogens with one attached hydrogen (secondary N) is 1. The minimum atomic E-state index is -4.16. The highest BCUT2D eigenvalue weighted by Gasteiger charge is 2.24. The molecule has 1 heterocycles. The van der Waals surface area contributed by atoms with Crippen LogP contribution in [0.1, 0.15) is 60.9 Å². The Balaban J connectivity index is 1.51. The topological polar surface area (TPSA) is 106 Å². The Kier molecular flexibility index (Phi) is 7.42. The average Bonchev–Trinajstić information content (AvgIpc) is 3.35. The molecule has 1 saturated carbocycles. The van der Waals surface area contributed by atoms with Crippen molar-refractivity contribution in [3.05, 3.63) is 58.7 Å². The molecule has 186 valence electrons. The lowest BCUT2D eigenvalue weighted by atomic mass is 9.78. The third-order valence-corrected chi connectivity index (χ3v) is 8.86. The van der Waals surface area contributed by atoms with E-state index in [4.69, 9.17) is 9.84 Å². The minimum Gasteiger partial charge on any atom is -0.495 e. The van der Waals surface area contributed by atoms with E-state index >= 15 is 0 Å². The second-order valence-corrected chi connectivity index (χ2v) is 11.2. The summed E-state index contributed by atoms with van der Waals surface area (Å²) < 4.78 is 47.2. The van der Waals surface area contributed by atoms with Crippen molar-refractivity contribution in [2.45, 2.75) is 50.0 Å². The third kappa shape index (κ3) is 5.48. The van der Waals surface area contributed by atoms with E-state index in [-0.39, 0.29) is 16.5 Å². The SMILES string of the molecule is CCC1CCC(c2ccc(-c3nc(S(=O)(=O)Nc4cc(F)c(C(=O)O)cc4OC)cs3)cc2)CC1. The maximum absolute atomic E-state index is 14.1. The number of anilines is 1. The number of aromatic carboxylic acids is 1. The van der Waals surface area contributed by atoms with Crippen molar-refractivity contribution in [1.82, 2.24) is 4.98 Å². The number of sulfonamides is 1. The number of ether oxygens (including phenoxy) is 1. The first-order valence-electron chi connectivity index (χ1n) is 11.4. The molecule has 2 aromatic carbocycles. The van der Waals surface area contributed by atoms with Crippen molar-refractivity contribution in [2.24, 2.45) is 5.92 Å². The Morgan fingerprint density at radius 2 is 1.89 bits per heavy atom. The van der Waals surface area contributed by atoms with Gasteiger partial charge in [-0.3, -0.25) is 4.72 Å². The van der Waals surface area contributed by atoms with Crippen molar-refractivity contribution in [1.29, 1.82) is 0 Å². The summed E-state index contributed by atoms with van der Waals surface area (Å²) >= 11 is 1.19. The number of carboxylic acids is 1. The van der Waals surface area contributed by atoms with E-state index < -0.39 is 27.4 Å². The molecular weight excluding hydrogens is 491 g/mol. The molecule has 0 saturated heterocycles. The molecule has 0 spiro atoms. The fourth-order valence-electron chi connectivity index (χ4n) is 4.48. The molecule has 0 unspecified atom stereocenters. The van der Waals surface area contributed by atoms with E-state index in [2.05, 4.69) is 28.8 Å². The number of nitrogens with zero attached hydrogens (tertiary/aromatic N) is 1. The Hall–Kier alpha value is -2.98.